The van der Waals surface area contributed by atoms with E-state index in [4.69, 9.17) is 19.0 Å². The van der Waals surface area contributed by atoms with Crippen LogP contribution in [0.5, 0.6) is 11.5 Å². The van der Waals surface area contributed by atoms with E-state index in [0.29, 0.717) is 36.2 Å². The first-order chi connectivity index (χ1) is 16.3. The summed E-state index contributed by atoms with van der Waals surface area (Å²) in [6.07, 6.45) is 4.00. The van der Waals surface area contributed by atoms with Crippen LogP contribution in [-0.4, -0.2) is 38.2 Å². The summed E-state index contributed by atoms with van der Waals surface area (Å²) in [5.74, 6) is 2.04. The summed E-state index contributed by atoms with van der Waals surface area (Å²) in [5, 5.41) is 9.17. The fourth-order valence-corrected chi connectivity index (χ4v) is 3.20. The third kappa shape index (κ3) is 5.40. The average molecular weight is 460 g/mol. The zero-order valence-electron chi connectivity index (χ0n) is 19.2. The molecular formula is C26H25N3O5. The van der Waals surface area contributed by atoms with E-state index in [1.165, 1.54) is 13.8 Å². The van der Waals surface area contributed by atoms with Crippen LogP contribution in [0.3, 0.4) is 0 Å². The van der Waals surface area contributed by atoms with Crippen molar-refractivity contribution in [2.24, 2.45) is 0 Å². The standard InChI is InChI=1S/C26H25N3O5/c1-17-22(13-16-32-20-9-11-21(12-10-20)34-26(2,3)25(30)31)29-24(33-17)19-7-5-18(6-8-19)23-27-14-4-15-28-23/h4-12,14-15H,13,16H2,1-3H3,(H,30,31). The van der Waals surface area contributed by atoms with Crippen LogP contribution in [0.15, 0.2) is 71.4 Å². The summed E-state index contributed by atoms with van der Waals surface area (Å²) in [7, 11) is 0. The van der Waals surface area contributed by atoms with Crippen molar-refractivity contribution in [3.8, 4) is 34.3 Å². The summed E-state index contributed by atoms with van der Waals surface area (Å²) in [6.45, 7) is 5.30. The molecule has 0 radical (unpaired) electrons. The van der Waals surface area contributed by atoms with Gasteiger partial charge in [0.15, 0.2) is 11.4 Å². The Balaban J connectivity index is 1.34. The molecule has 8 nitrogen and oxygen atoms in total. The van der Waals surface area contributed by atoms with Gasteiger partial charge < -0.3 is 19.0 Å². The highest BCUT2D eigenvalue weighted by atomic mass is 16.5. The van der Waals surface area contributed by atoms with E-state index in [-0.39, 0.29) is 0 Å². The second kappa shape index (κ2) is 9.74. The smallest absolute Gasteiger partial charge is 0.347 e. The molecule has 0 aliphatic heterocycles. The van der Waals surface area contributed by atoms with Crippen LogP contribution in [-0.2, 0) is 11.2 Å². The lowest BCUT2D eigenvalue weighted by Gasteiger charge is -2.21. The van der Waals surface area contributed by atoms with Crippen molar-refractivity contribution >= 4 is 5.97 Å². The Morgan fingerprint density at radius 1 is 0.971 bits per heavy atom. The first-order valence-corrected chi connectivity index (χ1v) is 10.8. The normalized spacial score (nSPS) is 11.3. The molecule has 0 bridgehead atoms. The lowest BCUT2D eigenvalue weighted by molar-refractivity contribution is -0.152. The molecular weight excluding hydrogens is 434 g/mol. The minimum Gasteiger partial charge on any atom is -0.493 e. The number of ether oxygens (including phenoxy) is 2. The third-order valence-corrected chi connectivity index (χ3v) is 5.17. The van der Waals surface area contributed by atoms with Crippen LogP contribution in [0.1, 0.15) is 25.3 Å². The van der Waals surface area contributed by atoms with Gasteiger partial charge in [0.2, 0.25) is 5.89 Å². The number of aryl methyl sites for hydroxylation is 1. The molecule has 0 amide bonds. The maximum absolute atomic E-state index is 11.2. The molecule has 0 saturated heterocycles. The maximum Gasteiger partial charge on any atom is 0.347 e. The topological polar surface area (TPSA) is 108 Å². The fraction of sp³-hybridized carbons (Fsp3) is 0.231. The van der Waals surface area contributed by atoms with Crippen molar-refractivity contribution in [3.63, 3.8) is 0 Å². The summed E-state index contributed by atoms with van der Waals surface area (Å²) in [5.41, 5.74) is 1.31. The van der Waals surface area contributed by atoms with Gasteiger partial charge in [0.25, 0.3) is 0 Å². The van der Waals surface area contributed by atoms with Crippen LogP contribution < -0.4 is 9.47 Å². The summed E-state index contributed by atoms with van der Waals surface area (Å²) < 4.78 is 17.2. The second-order valence-corrected chi connectivity index (χ2v) is 8.16. The molecule has 0 spiro atoms. The molecule has 0 aliphatic rings. The zero-order chi connectivity index (χ0) is 24.1. The minimum absolute atomic E-state index is 0.415. The van der Waals surface area contributed by atoms with Gasteiger partial charge >= 0.3 is 5.97 Å². The SMILES string of the molecule is Cc1oc(-c2ccc(-c3ncccn3)cc2)nc1CCOc1ccc(OC(C)(C)C(=O)O)cc1. The van der Waals surface area contributed by atoms with Gasteiger partial charge in [-0.2, -0.15) is 0 Å². The van der Waals surface area contributed by atoms with Gasteiger partial charge in [-0.05, 0) is 63.2 Å². The molecule has 0 saturated carbocycles. The van der Waals surface area contributed by atoms with Gasteiger partial charge in [0, 0.05) is 29.9 Å². The van der Waals surface area contributed by atoms with Gasteiger partial charge in [-0.25, -0.2) is 19.7 Å². The second-order valence-electron chi connectivity index (χ2n) is 8.16. The Bertz CT molecular complexity index is 1250. The van der Waals surface area contributed by atoms with Crippen LogP contribution in [0.2, 0.25) is 0 Å². The van der Waals surface area contributed by atoms with E-state index >= 15 is 0 Å². The Kier molecular flexibility index (Phi) is 6.58. The number of hydrogen-bond donors (Lipinski definition) is 1. The maximum atomic E-state index is 11.2. The summed E-state index contributed by atoms with van der Waals surface area (Å²) in [4.78, 5) is 24.3. The highest BCUT2D eigenvalue weighted by molar-refractivity contribution is 5.76. The molecule has 8 heteroatoms. The predicted molar refractivity (Wildman–Crippen MR) is 126 cm³/mol. The van der Waals surface area contributed by atoms with Crippen molar-refractivity contribution in [2.75, 3.05) is 6.61 Å². The molecule has 34 heavy (non-hydrogen) atoms. The molecule has 1 N–H and O–H groups in total. The van der Waals surface area contributed by atoms with E-state index in [1.807, 2.05) is 31.2 Å². The molecule has 4 rings (SSSR count). The molecule has 0 fully saturated rings. The van der Waals surface area contributed by atoms with E-state index in [1.54, 1.807) is 42.7 Å². The van der Waals surface area contributed by atoms with Gasteiger partial charge in [0.05, 0.1) is 12.3 Å². The van der Waals surface area contributed by atoms with Gasteiger partial charge in [-0.15, -0.1) is 0 Å². The van der Waals surface area contributed by atoms with Crippen molar-refractivity contribution < 1.29 is 23.8 Å². The number of carbonyl (C=O) groups is 1. The molecule has 4 aromatic rings. The highest BCUT2D eigenvalue weighted by Gasteiger charge is 2.29. The van der Waals surface area contributed by atoms with Crippen LogP contribution in [0, 0.1) is 6.92 Å². The largest absolute Gasteiger partial charge is 0.493 e. The number of carboxylic acid groups (broad SMARTS) is 1. The van der Waals surface area contributed by atoms with Crippen LogP contribution in [0.4, 0.5) is 0 Å². The van der Waals surface area contributed by atoms with Crippen LogP contribution >= 0.6 is 0 Å². The first-order valence-electron chi connectivity index (χ1n) is 10.8. The molecule has 2 aromatic carbocycles. The molecule has 0 atom stereocenters. The minimum atomic E-state index is -1.31. The predicted octanol–water partition coefficient (Wildman–Crippen LogP) is 4.97. The molecule has 0 aliphatic carbocycles. The van der Waals surface area contributed by atoms with Crippen LogP contribution in [0.25, 0.3) is 22.8 Å². The van der Waals surface area contributed by atoms with E-state index in [2.05, 4.69) is 15.0 Å². The average Bonchev–Trinajstić information content (AvgIpc) is 3.21. The lowest BCUT2D eigenvalue weighted by atomic mass is 10.1. The number of hydrogen-bond acceptors (Lipinski definition) is 7. The van der Waals surface area contributed by atoms with E-state index in [0.717, 1.165) is 22.6 Å². The quantitative estimate of drug-likeness (QED) is 0.374. The zero-order valence-corrected chi connectivity index (χ0v) is 19.2. The van der Waals surface area contributed by atoms with E-state index < -0.39 is 11.6 Å². The van der Waals surface area contributed by atoms with Crippen molar-refractivity contribution in [1.82, 2.24) is 15.0 Å². The number of oxazole rings is 1. The Morgan fingerprint density at radius 3 is 2.24 bits per heavy atom. The Morgan fingerprint density at radius 2 is 1.59 bits per heavy atom. The Labute approximate surface area is 197 Å². The highest BCUT2D eigenvalue weighted by Crippen LogP contribution is 2.25. The van der Waals surface area contributed by atoms with Gasteiger partial charge in [-0.1, -0.05) is 12.1 Å². The fourth-order valence-electron chi connectivity index (χ4n) is 3.20. The number of nitrogens with zero attached hydrogens (tertiary/aromatic N) is 3. The monoisotopic (exact) mass is 459 g/mol. The number of aromatic nitrogens is 3. The molecule has 174 valence electrons. The number of benzene rings is 2. The summed E-state index contributed by atoms with van der Waals surface area (Å²) >= 11 is 0. The van der Waals surface area contributed by atoms with Crippen molar-refractivity contribution in [1.29, 1.82) is 0 Å². The molecule has 0 unspecified atom stereocenters. The third-order valence-electron chi connectivity index (χ3n) is 5.17. The first kappa shape index (κ1) is 23.0. The van der Waals surface area contributed by atoms with Crippen molar-refractivity contribution in [2.45, 2.75) is 32.8 Å². The molecule has 2 heterocycles. The number of carboxylic acids is 1. The summed E-state index contributed by atoms with van der Waals surface area (Å²) in [6, 6.07) is 16.4. The lowest BCUT2D eigenvalue weighted by Crippen LogP contribution is -2.37. The van der Waals surface area contributed by atoms with E-state index in [9.17, 15) is 4.79 Å². The number of aliphatic carboxylic acids is 1. The van der Waals surface area contributed by atoms with Gasteiger partial charge in [0.1, 0.15) is 17.3 Å². The number of rotatable bonds is 9. The van der Waals surface area contributed by atoms with Gasteiger partial charge in [-0.3, -0.25) is 0 Å². The Hall–Kier alpha value is -4.20. The molecule has 2 aromatic heterocycles. The van der Waals surface area contributed by atoms with Crippen molar-refractivity contribution in [3.05, 3.63) is 78.4 Å².